The van der Waals surface area contributed by atoms with Crippen molar-refractivity contribution < 1.29 is 13.5 Å². The van der Waals surface area contributed by atoms with Gasteiger partial charge < -0.3 is 4.74 Å². The molecule has 0 saturated carbocycles. The summed E-state index contributed by atoms with van der Waals surface area (Å²) in [4.78, 5) is 0. The maximum atomic E-state index is 13.4. The first kappa shape index (κ1) is 14.7. The summed E-state index contributed by atoms with van der Waals surface area (Å²) in [5.41, 5.74) is 1.40. The van der Waals surface area contributed by atoms with Crippen LogP contribution in [0.1, 0.15) is 17.2 Å². The molecule has 0 bridgehead atoms. The predicted octanol–water partition coefficient (Wildman–Crippen LogP) is 3.97. The van der Waals surface area contributed by atoms with Gasteiger partial charge in [0.15, 0.2) is 0 Å². The number of hydrogen-bond acceptors (Lipinski definition) is 1. The van der Waals surface area contributed by atoms with Crippen LogP contribution in [-0.2, 0) is 4.74 Å². The van der Waals surface area contributed by atoms with Gasteiger partial charge in [-0.2, -0.15) is 0 Å². The fourth-order valence-electron chi connectivity index (χ4n) is 2.07. The standard InChI is InChI=1S/C16H17BF2O/c1-17-8-9-20-16(12-4-2-6-14(18)10-12)13-5-3-7-15(19)11-13/h2-7,10-11,16-17H,8-9H2,1H3. The van der Waals surface area contributed by atoms with Gasteiger partial charge in [0.05, 0.1) is 0 Å². The zero-order valence-corrected chi connectivity index (χ0v) is 11.5. The first-order valence-electron chi connectivity index (χ1n) is 6.83. The molecule has 0 aliphatic heterocycles. The highest BCUT2D eigenvalue weighted by Gasteiger charge is 2.15. The van der Waals surface area contributed by atoms with Gasteiger partial charge in [0.25, 0.3) is 0 Å². The lowest BCUT2D eigenvalue weighted by molar-refractivity contribution is 0.0909. The minimum Gasteiger partial charge on any atom is -0.370 e. The van der Waals surface area contributed by atoms with Gasteiger partial charge in [-0.25, -0.2) is 8.78 Å². The van der Waals surface area contributed by atoms with E-state index in [4.69, 9.17) is 4.74 Å². The SMILES string of the molecule is CBCCOC(c1cccc(F)c1)c1cccc(F)c1. The lowest BCUT2D eigenvalue weighted by atomic mass is 9.79. The molecule has 0 aliphatic rings. The Kier molecular flexibility index (Phi) is 5.30. The molecule has 0 radical (unpaired) electrons. The molecule has 104 valence electrons. The molecule has 2 aromatic carbocycles. The van der Waals surface area contributed by atoms with E-state index in [9.17, 15) is 8.78 Å². The van der Waals surface area contributed by atoms with Crippen LogP contribution in [0, 0.1) is 11.6 Å². The van der Waals surface area contributed by atoms with Crippen LogP contribution < -0.4 is 0 Å². The van der Waals surface area contributed by atoms with E-state index in [0.29, 0.717) is 17.7 Å². The van der Waals surface area contributed by atoms with Crippen LogP contribution in [0.2, 0.25) is 13.1 Å². The van der Waals surface area contributed by atoms with Crippen molar-refractivity contribution in [3.63, 3.8) is 0 Å². The largest absolute Gasteiger partial charge is 0.370 e. The average Bonchev–Trinajstić information content (AvgIpc) is 2.43. The molecular weight excluding hydrogens is 257 g/mol. The van der Waals surface area contributed by atoms with E-state index < -0.39 is 6.10 Å². The molecule has 0 aromatic heterocycles. The maximum absolute atomic E-state index is 13.4. The summed E-state index contributed by atoms with van der Waals surface area (Å²) < 4.78 is 32.6. The Balaban J connectivity index is 2.29. The maximum Gasteiger partial charge on any atom is 0.123 e. The Morgan fingerprint density at radius 3 is 2.00 bits per heavy atom. The second kappa shape index (κ2) is 7.20. The molecule has 2 rings (SSSR count). The smallest absolute Gasteiger partial charge is 0.123 e. The van der Waals surface area contributed by atoms with Crippen molar-refractivity contribution in [1.82, 2.24) is 0 Å². The summed E-state index contributed by atoms with van der Waals surface area (Å²) in [7, 11) is 1.01. The zero-order valence-electron chi connectivity index (χ0n) is 11.5. The fraction of sp³-hybridized carbons (Fsp3) is 0.250. The second-order valence-corrected chi connectivity index (χ2v) is 4.71. The van der Waals surface area contributed by atoms with E-state index in [1.807, 2.05) is 0 Å². The van der Waals surface area contributed by atoms with Crippen molar-refractivity contribution in [2.45, 2.75) is 19.2 Å². The number of hydrogen-bond donors (Lipinski definition) is 0. The van der Waals surface area contributed by atoms with Gasteiger partial charge in [0, 0.05) is 6.61 Å². The molecule has 2 aromatic rings. The number of ether oxygens (including phenoxy) is 1. The molecule has 0 unspecified atom stereocenters. The predicted molar refractivity (Wildman–Crippen MR) is 78.4 cm³/mol. The molecular formula is C16H17BF2O. The minimum absolute atomic E-state index is 0.317. The summed E-state index contributed by atoms with van der Waals surface area (Å²) >= 11 is 0. The van der Waals surface area contributed by atoms with Gasteiger partial charge in [-0.1, -0.05) is 37.4 Å². The van der Waals surface area contributed by atoms with Crippen molar-refractivity contribution >= 4 is 7.28 Å². The third-order valence-corrected chi connectivity index (χ3v) is 3.09. The Morgan fingerprint density at radius 2 is 1.55 bits per heavy atom. The molecule has 20 heavy (non-hydrogen) atoms. The van der Waals surface area contributed by atoms with Gasteiger partial charge in [0.2, 0.25) is 0 Å². The molecule has 0 spiro atoms. The summed E-state index contributed by atoms with van der Waals surface area (Å²) in [6, 6.07) is 12.5. The minimum atomic E-state index is -0.437. The summed E-state index contributed by atoms with van der Waals surface area (Å²) in [5.74, 6) is -0.633. The lowest BCUT2D eigenvalue weighted by Gasteiger charge is -2.19. The van der Waals surface area contributed by atoms with Gasteiger partial charge in [-0.15, -0.1) is 0 Å². The second-order valence-electron chi connectivity index (χ2n) is 4.71. The highest BCUT2D eigenvalue weighted by molar-refractivity contribution is 6.33. The normalized spacial score (nSPS) is 10.8. The van der Waals surface area contributed by atoms with Crippen molar-refractivity contribution in [2.75, 3.05) is 6.61 Å². The van der Waals surface area contributed by atoms with Gasteiger partial charge in [0.1, 0.15) is 25.0 Å². The molecule has 1 nitrogen and oxygen atoms in total. The Labute approximate surface area is 118 Å². The molecule has 0 atom stereocenters. The third kappa shape index (κ3) is 3.91. The van der Waals surface area contributed by atoms with Crippen molar-refractivity contribution in [1.29, 1.82) is 0 Å². The molecule has 4 heteroatoms. The number of rotatable bonds is 6. The van der Waals surface area contributed by atoms with Crippen LogP contribution in [-0.4, -0.2) is 13.9 Å². The molecule has 0 N–H and O–H groups in total. The first-order chi connectivity index (χ1) is 9.70. The topological polar surface area (TPSA) is 9.23 Å². The quantitative estimate of drug-likeness (QED) is 0.572. The molecule has 0 fully saturated rings. The van der Waals surface area contributed by atoms with E-state index in [0.717, 1.165) is 13.6 Å². The van der Waals surface area contributed by atoms with Crippen LogP contribution in [0.25, 0.3) is 0 Å². The zero-order chi connectivity index (χ0) is 14.4. The van der Waals surface area contributed by atoms with Crippen LogP contribution in [0.5, 0.6) is 0 Å². The Morgan fingerprint density at radius 1 is 1.00 bits per heavy atom. The molecule has 0 amide bonds. The number of benzene rings is 2. The lowest BCUT2D eigenvalue weighted by Crippen LogP contribution is -2.09. The highest BCUT2D eigenvalue weighted by Crippen LogP contribution is 2.27. The van der Waals surface area contributed by atoms with E-state index in [-0.39, 0.29) is 11.6 Å². The van der Waals surface area contributed by atoms with Crippen LogP contribution in [0.15, 0.2) is 48.5 Å². The average molecular weight is 274 g/mol. The summed E-state index contributed by atoms with van der Waals surface area (Å²) in [5, 5.41) is 0. The molecule has 0 heterocycles. The van der Waals surface area contributed by atoms with Gasteiger partial charge in [-0.05, 0) is 35.4 Å². The Hall–Kier alpha value is -1.68. The fourth-order valence-corrected chi connectivity index (χ4v) is 2.07. The van der Waals surface area contributed by atoms with Crippen LogP contribution in [0.4, 0.5) is 8.78 Å². The highest BCUT2D eigenvalue weighted by atomic mass is 19.1. The monoisotopic (exact) mass is 274 g/mol. The van der Waals surface area contributed by atoms with E-state index in [1.165, 1.54) is 24.3 Å². The van der Waals surface area contributed by atoms with E-state index in [2.05, 4.69) is 6.82 Å². The first-order valence-corrected chi connectivity index (χ1v) is 6.83. The third-order valence-electron chi connectivity index (χ3n) is 3.09. The Bertz CT molecular complexity index is 514. The number of halogens is 2. The van der Waals surface area contributed by atoms with E-state index in [1.54, 1.807) is 24.3 Å². The van der Waals surface area contributed by atoms with Crippen molar-refractivity contribution in [3.05, 3.63) is 71.3 Å². The van der Waals surface area contributed by atoms with Crippen LogP contribution >= 0.6 is 0 Å². The molecule has 0 saturated heterocycles. The summed E-state index contributed by atoms with van der Waals surface area (Å²) in [6.45, 7) is 2.64. The molecule has 0 aliphatic carbocycles. The van der Waals surface area contributed by atoms with Gasteiger partial charge in [-0.3, -0.25) is 0 Å². The van der Waals surface area contributed by atoms with Crippen LogP contribution in [0.3, 0.4) is 0 Å². The summed E-state index contributed by atoms with van der Waals surface area (Å²) in [6.07, 6.45) is 0.481. The van der Waals surface area contributed by atoms with Crippen molar-refractivity contribution in [3.8, 4) is 0 Å². The van der Waals surface area contributed by atoms with Gasteiger partial charge >= 0.3 is 0 Å². The van der Waals surface area contributed by atoms with Crippen molar-refractivity contribution in [2.24, 2.45) is 0 Å². The van der Waals surface area contributed by atoms with E-state index >= 15 is 0 Å².